The Morgan fingerprint density at radius 2 is 2.22 bits per heavy atom. The summed E-state index contributed by atoms with van der Waals surface area (Å²) in [6.45, 7) is 6.21. The van der Waals surface area contributed by atoms with Crippen molar-refractivity contribution >= 4 is 5.91 Å². The first-order chi connectivity index (χ1) is 8.66. The van der Waals surface area contributed by atoms with Crippen molar-refractivity contribution in [2.45, 2.75) is 32.7 Å². The van der Waals surface area contributed by atoms with Crippen LogP contribution in [0.15, 0.2) is 24.3 Å². The monoisotopic (exact) mass is 246 g/mol. The maximum atomic E-state index is 12.0. The molecule has 0 aliphatic carbocycles. The van der Waals surface area contributed by atoms with E-state index >= 15 is 0 Å². The van der Waals surface area contributed by atoms with Gasteiger partial charge in [-0.2, -0.15) is 0 Å². The van der Waals surface area contributed by atoms with E-state index in [9.17, 15) is 4.79 Å². The van der Waals surface area contributed by atoms with Crippen LogP contribution in [0.4, 0.5) is 0 Å². The summed E-state index contributed by atoms with van der Waals surface area (Å²) < 4.78 is 0. The molecule has 2 N–H and O–H groups in total. The average molecular weight is 246 g/mol. The SMILES string of the molecule is Cc1ccccc1CC(=O)N[C@H]1CNCC[C@H]1C. The lowest BCUT2D eigenvalue weighted by atomic mass is 9.94. The van der Waals surface area contributed by atoms with Crippen molar-refractivity contribution in [3.63, 3.8) is 0 Å². The van der Waals surface area contributed by atoms with Crippen LogP contribution >= 0.6 is 0 Å². The molecule has 1 heterocycles. The van der Waals surface area contributed by atoms with Crippen LogP contribution in [-0.4, -0.2) is 25.0 Å². The molecular formula is C15H22N2O. The number of piperidine rings is 1. The number of aryl methyl sites for hydroxylation is 1. The van der Waals surface area contributed by atoms with E-state index in [4.69, 9.17) is 0 Å². The van der Waals surface area contributed by atoms with Crippen molar-refractivity contribution in [1.29, 1.82) is 0 Å². The van der Waals surface area contributed by atoms with Crippen LogP contribution < -0.4 is 10.6 Å². The average Bonchev–Trinajstić information content (AvgIpc) is 2.35. The zero-order valence-electron chi connectivity index (χ0n) is 11.2. The molecule has 98 valence electrons. The minimum absolute atomic E-state index is 0.129. The van der Waals surface area contributed by atoms with Gasteiger partial charge in [0.1, 0.15) is 0 Å². The van der Waals surface area contributed by atoms with Gasteiger partial charge in [-0.15, -0.1) is 0 Å². The molecule has 0 aromatic heterocycles. The number of nitrogens with one attached hydrogen (secondary N) is 2. The molecule has 1 saturated heterocycles. The Hall–Kier alpha value is -1.35. The van der Waals surface area contributed by atoms with E-state index in [1.54, 1.807) is 0 Å². The third-order valence-electron chi connectivity index (χ3n) is 3.79. The van der Waals surface area contributed by atoms with E-state index in [-0.39, 0.29) is 11.9 Å². The molecule has 0 spiro atoms. The largest absolute Gasteiger partial charge is 0.352 e. The molecule has 1 aliphatic heterocycles. The van der Waals surface area contributed by atoms with Gasteiger partial charge in [-0.05, 0) is 36.9 Å². The Kier molecular flexibility index (Phi) is 4.37. The number of hydrogen-bond donors (Lipinski definition) is 2. The fourth-order valence-corrected chi connectivity index (χ4v) is 2.42. The summed E-state index contributed by atoms with van der Waals surface area (Å²) in [5.74, 6) is 0.692. The minimum Gasteiger partial charge on any atom is -0.352 e. The van der Waals surface area contributed by atoms with E-state index in [0.717, 1.165) is 25.1 Å². The maximum absolute atomic E-state index is 12.0. The Morgan fingerprint density at radius 3 is 2.94 bits per heavy atom. The molecule has 1 amide bonds. The molecule has 1 aromatic rings. The molecule has 2 rings (SSSR count). The van der Waals surface area contributed by atoms with E-state index < -0.39 is 0 Å². The summed E-state index contributed by atoms with van der Waals surface area (Å²) in [6.07, 6.45) is 1.62. The quantitative estimate of drug-likeness (QED) is 0.851. The van der Waals surface area contributed by atoms with Gasteiger partial charge in [-0.25, -0.2) is 0 Å². The lowest BCUT2D eigenvalue weighted by Crippen LogP contribution is -2.50. The van der Waals surface area contributed by atoms with Crippen LogP contribution in [0.5, 0.6) is 0 Å². The molecule has 1 fully saturated rings. The fourth-order valence-electron chi connectivity index (χ4n) is 2.42. The van der Waals surface area contributed by atoms with Gasteiger partial charge in [0.05, 0.1) is 6.42 Å². The highest BCUT2D eigenvalue weighted by Gasteiger charge is 2.22. The molecule has 0 bridgehead atoms. The summed E-state index contributed by atoms with van der Waals surface area (Å²) >= 11 is 0. The third-order valence-corrected chi connectivity index (χ3v) is 3.79. The van der Waals surface area contributed by atoms with Gasteiger partial charge in [-0.1, -0.05) is 31.2 Å². The van der Waals surface area contributed by atoms with Crippen LogP contribution in [0.1, 0.15) is 24.5 Å². The normalized spacial score (nSPS) is 23.7. The molecule has 1 aliphatic rings. The van der Waals surface area contributed by atoms with Gasteiger partial charge in [0.2, 0.25) is 5.91 Å². The Balaban J connectivity index is 1.90. The van der Waals surface area contributed by atoms with Gasteiger partial charge in [0, 0.05) is 12.6 Å². The zero-order valence-corrected chi connectivity index (χ0v) is 11.2. The van der Waals surface area contributed by atoms with Crippen LogP contribution in [0, 0.1) is 12.8 Å². The number of carbonyl (C=O) groups is 1. The van der Waals surface area contributed by atoms with E-state index in [0.29, 0.717) is 12.3 Å². The van der Waals surface area contributed by atoms with Crippen molar-refractivity contribution in [2.75, 3.05) is 13.1 Å². The first kappa shape index (κ1) is 13.1. The van der Waals surface area contributed by atoms with E-state index in [1.807, 2.05) is 31.2 Å². The number of benzene rings is 1. The Bertz CT molecular complexity index is 417. The second kappa shape index (κ2) is 6.01. The molecule has 1 aromatic carbocycles. The predicted molar refractivity (Wildman–Crippen MR) is 73.5 cm³/mol. The van der Waals surface area contributed by atoms with Crippen LogP contribution in [0.2, 0.25) is 0 Å². The van der Waals surface area contributed by atoms with E-state index in [1.165, 1.54) is 5.56 Å². The lowest BCUT2D eigenvalue weighted by molar-refractivity contribution is -0.121. The first-order valence-electron chi connectivity index (χ1n) is 6.71. The number of carbonyl (C=O) groups excluding carboxylic acids is 1. The molecule has 18 heavy (non-hydrogen) atoms. The summed E-state index contributed by atoms with van der Waals surface area (Å²) in [6, 6.07) is 8.34. The van der Waals surface area contributed by atoms with Crippen molar-refractivity contribution in [1.82, 2.24) is 10.6 Å². The fraction of sp³-hybridized carbons (Fsp3) is 0.533. The summed E-state index contributed by atoms with van der Waals surface area (Å²) in [5.41, 5.74) is 2.30. The highest BCUT2D eigenvalue weighted by Crippen LogP contribution is 2.12. The second-order valence-electron chi connectivity index (χ2n) is 5.25. The molecule has 3 heteroatoms. The number of amides is 1. The number of rotatable bonds is 3. The molecule has 3 nitrogen and oxygen atoms in total. The molecule has 0 saturated carbocycles. The summed E-state index contributed by atoms with van der Waals surface area (Å²) in [4.78, 5) is 12.0. The first-order valence-corrected chi connectivity index (χ1v) is 6.71. The van der Waals surface area contributed by atoms with Crippen molar-refractivity contribution < 1.29 is 4.79 Å². The highest BCUT2D eigenvalue weighted by atomic mass is 16.1. The minimum atomic E-state index is 0.129. The second-order valence-corrected chi connectivity index (χ2v) is 5.25. The number of hydrogen-bond acceptors (Lipinski definition) is 2. The molecular weight excluding hydrogens is 224 g/mol. The maximum Gasteiger partial charge on any atom is 0.224 e. The van der Waals surface area contributed by atoms with Crippen LogP contribution in [0.3, 0.4) is 0 Å². The molecule has 0 unspecified atom stereocenters. The van der Waals surface area contributed by atoms with Gasteiger partial charge in [-0.3, -0.25) is 4.79 Å². The standard InChI is InChI=1S/C15H22N2O/c1-11-5-3-4-6-13(11)9-15(18)17-14-10-16-8-7-12(14)2/h3-6,12,14,16H,7-10H2,1-2H3,(H,17,18)/t12-,14+/m1/s1. The van der Waals surface area contributed by atoms with Gasteiger partial charge in [0.15, 0.2) is 0 Å². The Morgan fingerprint density at radius 1 is 1.44 bits per heavy atom. The van der Waals surface area contributed by atoms with Gasteiger partial charge in [0.25, 0.3) is 0 Å². The van der Waals surface area contributed by atoms with Crippen LogP contribution in [0.25, 0.3) is 0 Å². The van der Waals surface area contributed by atoms with Gasteiger partial charge < -0.3 is 10.6 Å². The lowest BCUT2D eigenvalue weighted by Gasteiger charge is -2.30. The third kappa shape index (κ3) is 3.33. The van der Waals surface area contributed by atoms with Crippen molar-refractivity contribution in [2.24, 2.45) is 5.92 Å². The Labute approximate surface area is 109 Å². The van der Waals surface area contributed by atoms with E-state index in [2.05, 4.69) is 17.6 Å². The topological polar surface area (TPSA) is 41.1 Å². The van der Waals surface area contributed by atoms with Crippen molar-refractivity contribution in [3.8, 4) is 0 Å². The van der Waals surface area contributed by atoms with Gasteiger partial charge >= 0.3 is 0 Å². The summed E-state index contributed by atoms with van der Waals surface area (Å²) in [5, 5.41) is 6.47. The smallest absolute Gasteiger partial charge is 0.224 e. The molecule has 0 radical (unpaired) electrons. The van der Waals surface area contributed by atoms with Crippen molar-refractivity contribution in [3.05, 3.63) is 35.4 Å². The molecule has 2 atom stereocenters. The van der Waals surface area contributed by atoms with Crippen LogP contribution in [-0.2, 0) is 11.2 Å². The highest BCUT2D eigenvalue weighted by molar-refractivity contribution is 5.79. The zero-order chi connectivity index (χ0) is 13.0. The summed E-state index contributed by atoms with van der Waals surface area (Å²) in [7, 11) is 0. The predicted octanol–water partition coefficient (Wildman–Crippen LogP) is 1.65.